The van der Waals surface area contributed by atoms with Crippen LogP contribution in [0.5, 0.6) is 0 Å². The number of likely N-dealkylation sites (N-methyl/N-ethyl adjacent to an activating group) is 1. The van der Waals surface area contributed by atoms with Gasteiger partial charge in [0.1, 0.15) is 0 Å². The van der Waals surface area contributed by atoms with Gasteiger partial charge in [-0.05, 0) is 74.0 Å². The molecule has 0 spiro atoms. The van der Waals surface area contributed by atoms with Crippen molar-refractivity contribution in [2.75, 3.05) is 18.9 Å². The summed E-state index contributed by atoms with van der Waals surface area (Å²) in [5, 5.41) is 3.62. The van der Waals surface area contributed by atoms with Crippen LogP contribution in [-0.4, -0.2) is 30.3 Å². The number of hydrogen-bond acceptors (Lipinski definition) is 2. The molecule has 4 bridgehead atoms. The van der Waals surface area contributed by atoms with Crippen molar-refractivity contribution in [2.24, 2.45) is 29.6 Å². The van der Waals surface area contributed by atoms with Crippen LogP contribution < -0.4 is 5.32 Å². The zero-order valence-corrected chi connectivity index (χ0v) is 16.4. The van der Waals surface area contributed by atoms with E-state index in [0.29, 0.717) is 27.6 Å². The summed E-state index contributed by atoms with van der Waals surface area (Å²) in [6.45, 7) is 0.0574. The molecule has 0 unspecified atom stereocenters. The lowest BCUT2D eigenvalue weighted by Gasteiger charge is -2.54. The first-order chi connectivity index (χ1) is 12.4. The summed E-state index contributed by atoms with van der Waals surface area (Å²) in [6.07, 6.45) is 6.18. The van der Waals surface area contributed by atoms with E-state index in [1.807, 2.05) is 0 Å². The van der Waals surface area contributed by atoms with Crippen LogP contribution >= 0.6 is 23.2 Å². The number of benzene rings is 1. The van der Waals surface area contributed by atoms with E-state index in [1.165, 1.54) is 32.1 Å². The summed E-state index contributed by atoms with van der Waals surface area (Å²) >= 11 is 11.9. The molecule has 4 aliphatic rings. The summed E-state index contributed by atoms with van der Waals surface area (Å²) in [5.74, 6) is 2.77. The fourth-order valence-corrected chi connectivity index (χ4v) is 5.95. The molecule has 0 aliphatic heterocycles. The maximum Gasteiger partial charge on any atom is 0.243 e. The summed E-state index contributed by atoms with van der Waals surface area (Å²) in [4.78, 5) is 27.0. The maximum atomic E-state index is 13.0. The van der Waals surface area contributed by atoms with Crippen molar-refractivity contribution in [3.63, 3.8) is 0 Å². The van der Waals surface area contributed by atoms with Crippen molar-refractivity contribution in [1.82, 2.24) is 4.90 Å². The SMILES string of the molecule is CN(CC(=O)Nc1ccc(Cl)c(Cl)c1)C(=O)C1C2CC3CC(C2)CC1C3. The predicted octanol–water partition coefficient (Wildman–Crippen LogP) is 4.46. The van der Waals surface area contributed by atoms with E-state index in [2.05, 4.69) is 5.32 Å². The number of halogens is 2. The minimum absolute atomic E-state index is 0.0574. The predicted molar refractivity (Wildman–Crippen MR) is 103 cm³/mol. The number of nitrogens with zero attached hydrogens (tertiary/aromatic N) is 1. The van der Waals surface area contributed by atoms with Gasteiger partial charge < -0.3 is 10.2 Å². The Morgan fingerprint density at radius 1 is 1.04 bits per heavy atom. The van der Waals surface area contributed by atoms with Gasteiger partial charge in [0.25, 0.3) is 0 Å². The van der Waals surface area contributed by atoms with Gasteiger partial charge in [-0.25, -0.2) is 0 Å². The molecular weight excluding hydrogens is 371 g/mol. The summed E-state index contributed by atoms with van der Waals surface area (Å²) in [5.41, 5.74) is 0.583. The number of carbonyl (C=O) groups excluding carboxylic acids is 2. The zero-order chi connectivity index (χ0) is 18.4. The summed E-state index contributed by atoms with van der Waals surface area (Å²) in [7, 11) is 1.74. The van der Waals surface area contributed by atoms with Crippen LogP contribution in [0.2, 0.25) is 10.0 Å². The van der Waals surface area contributed by atoms with E-state index in [0.717, 1.165) is 11.8 Å². The van der Waals surface area contributed by atoms with Crippen molar-refractivity contribution < 1.29 is 9.59 Å². The third kappa shape index (κ3) is 3.46. The molecule has 1 N–H and O–H groups in total. The van der Waals surface area contributed by atoms with Gasteiger partial charge in [0.2, 0.25) is 11.8 Å². The summed E-state index contributed by atoms with van der Waals surface area (Å²) in [6, 6.07) is 4.95. The molecule has 4 saturated carbocycles. The Kier molecular flexibility index (Phi) is 4.91. The van der Waals surface area contributed by atoms with Crippen LogP contribution in [0, 0.1) is 29.6 Å². The molecule has 4 fully saturated rings. The summed E-state index contributed by atoms with van der Waals surface area (Å²) < 4.78 is 0. The van der Waals surface area contributed by atoms with Gasteiger partial charge in [0.05, 0.1) is 16.6 Å². The second-order valence-electron chi connectivity index (χ2n) is 8.33. The first-order valence-corrected chi connectivity index (χ1v) is 10.2. The average molecular weight is 395 g/mol. The average Bonchev–Trinajstić information content (AvgIpc) is 2.57. The highest BCUT2D eigenvalue weighted by Gasteiger charge is 2.51. The van der Waals surface area contributed by atoms with Crippen molar-refractivity contribution in [3.05, 3.63) is 28.2 Å². The Balaban J connectivity index is 1.36. The maximum absolute atomic E-state index is 13.0. The number of hydrogen-bond donors (Lipinski definition) is 1. The van der Waals surface area contributed by atoms with Crippen molar-refractivity contribution in [1.29, 1.82) is 0 Å². The number of rotatable bonds is 4. The lowest BCUT2D eigenvalue weighted by molar-refractivity contribution is -0.149. The highest BCUT2D eigenvalue weighted by atomic mass is 35.5. The first-order valence-electron chi connectivity index (χ1n) is 9.40. The van der Waals surface area contributed by atoms with E-state index in [1.54, 1.807) is 30.1 Å². The zero-order valence-electron chi connectivity index (χ0n) is 14.9. The number of anilines is 1. The van der Waals surface area contributed by atoms with E-state index >= 15 is 0 Å². The normalized spacial score (nSPS) is 31.7. The van der Waals surface area contributed by atoms with Crippen LogP contribution in [0.1, 0.15) is 32.1 Å². The smallest absolute Gasteiger partial charge is 0.243 e. The minimum Gasteiger partial charge on any atom is -0.336 e. The molecule has 0 radical (unpaired) electrons. The molecule has 4 aliphatic carbocycles. The Morgan fingerprint density at radius 2 is 1.65 bits per heavy atom. The number of amides is 2. The van der Waals surface area contributed by atoms with Crippen LogP contribution in [-0.2, 0) is 9.59 Å². The highest BCUT2D eigenvalue weighted by Crippen LogP contribution is 2.56. The topological polar surface area (TPSA) is 49.4 Å². The van der Waals surface area contributed by atoms with Crippen LogP contribution in [0.3, 0.4) is 0 Å². The molecule has 0 heterocycles. The van der Waals surface area contributed by atoms with Crippen molar-refractivity contribution >= 4 is 40.7 Å². The molecule has 140 valence electrons. The molecule has 2 amide bonds. The standard InChI is InChI=1S/C20H24Cl2N2O2/c1-24(10-18(25)23-15-2-3-16(21)17(22)9-15)20(26)19-13-5-11-4-12(7-13)8-14(19)6-11/h2-3,9,11-14,19H,4-8,10H2,1H3,(H,23,25). The monoisotopic (exact) mass is 394 g/mol. The third-order valence-corrected chi connectivity index (χ3v) is 7.21. The Bertz CT molecular complexity index is 709. The van der Waals surface area contributed by atoms with Gasteiger partial charge >= 0.3 is 0 Å². The van der Waals surface area contributed by atoms with E-state index < -0.39 is 0 Å². The molecule has 6 heteroatoms. The first kappa shape index (κ1) is 18.1. The van der Waals surface area contributed by atoms with Crippen molar-refractivity contribution in [2.45, 2.75) is 32.1 Å². The quantitative estimate of drug-likeness (QED) is 0.818. The van der Waals surface area contributed by atoms with Gasteiger partial charge in [-0.3, -0.25) is 9.59 Å². The molecule has 26 heavy (non-hydrogen) atoms. The fourth-order valence-electron chi connectivity index (χ4n) is 5.65. The lowest BCUT2D eigenvalue weighted by atomic mass is 9.51. The fraction of sp³-hybridized carbons (Fsp3) is 0.600. The minimum atomic E-state index is -0.219. The van der Waals surface area contributed by atoms with Gasteiger partial charge in [-0.2, -0.15) is 0 Å². The van der Waals surface area contributed by atoms with E-state index in [-0.39, 0.29) is 24.3 Å². The molecule has 4 nitrogen and oxygen atoms in total. The third-order valence-electron chi connectivity index (χ3n) is 6.47. The lowest BCUT2D eigenvalue weighted by Crippen LogP contribution is -2.52. The van der Waals surface area contributed by atoms with E-state index in [9.17, 15) is 9.59 Å². The van der Waals surface area contributed by atoms with Gasteiger partial charge in [-0.15, -0.1) is 0 Å². The largest absolute Gasteiger partial charge is 0.336 e. The Labute approximate surface area is 164 Å². The van der Waals surface area contributed by atoms with Gasteiger partial charge in [-0.1, -0.05) is 23.2 Å². The molecule has 1 aromatic rings. The second kappa shape index (κ2) is 7.05. The van der Waals surface area contributed by atoms with Crippen LogP contribution in [0.4, 0.5) is 5.69 Å². The van der Waals surface area contributed by atoms with Gasteiger partial charge in [0.15, 0.2) is 0 Å². The molecule has 1 aromatic carbocycles. The molecule has 0 aromatic heterocycles. The van der Waals surface area contributed by atoms with Gasteiger partial charge in [0, 0.05) is 18.7 Å². The molecule has 0 atom stereocenters. The number of carbonyl (C=O) groups is 2. The second-order valence-corrected chi connectivity index (χ2v) is 9.14. The highest BCUT2D eigenvalue weighted by molar-refractivity contribution is 6.42. The number of nitrogens with one attached hydrogen (secondary N) is 1. The van der Waals surface area contributed by atoms with E-state index in [4.69, 9.17) is 23.2 Å². The molecule has 5 rings (SSSR count). The van der Waals surface area contributed by atoms with Crippen LogP contribution in [0.25, 0.3) is 0 Å². The Morgan fingerprint density at radius 3 is 2.23 bits per heavy atom. The molecular formula is C20H24Cl2N2O2. The molecule has 0 saturated heterocycles. The Hall–Kier alpha value is -1.26. The van der Waals surface area contributed by atoms with Crippen LogP contribution in [0.15, 0.2) is 18.2 Å². The van der Waals surface area contributed by atoms with Crippen molar-refractivity contribution in [3.8, 4) is 0 Å².